The van der Waals surface area contributed by atoms with Crippen LogP contribution in [0.4, 0.5) is 4.39 Å². The third-order valence-electron chi connectivity index (χ3n) is 6.02. The van der Waals surface area contributed by atoms with Gasteiger partial charge in [-0.05, 0) is 74.1 Å². The van der Waals surface area contributed by atoms with Gasteiger partial charge in [-0.1, -0.05) is 38.1 Å². The van der Waals surface area contributed by atoms with Gasteiger partial charge in [0.2, 0.25) is 5.83 Å². The first-order valence-corrected chi connectivity index (χ1v) is 10.5. The highest BCUT2D eigenvalue weighted by atomic mass is 19.1. The topological polar surface area (TPSA) is 52.6 Å². The van der Waals surface area contributed by atoms with Crippen molar-refractivity contribution in [1.29, 1.82) is 0 Å². The molecule has 1 aromatic rings. The van der Waals surface area contributed by atoms with Gasteiger partial charge in [-0.25, -0.2) is 4.79 Å². The summed E-state index contributed by atoms with van der Waals surface area (Å²) in [6.45, 7) is 12.6. The van der Waals surface area contributed by atoms with E-state index in [9.17, 15) is 14.0 Å². The van der Waals surface area contributed by atoms with Crippen LogP contribution in [0.5, 0.6) is 0 Å². The fourth-order valence-electron chi connectivity index (χ4n) is 4.37. The number of esters is 2. The number of carbonyl (C=O) groups is 2. The van der Waals surface area contributed by atoms with Gasteiger partial charge in [0.05, 0.1) is 5.92 Å². The number of hydrogen-bond donors (Lipinski definition) is 0. The van der Waals surface area contributed by atoms with Crippen LogP contribution in [0.25, 0.3) is 0 Å². The van der Waals surface area contributed by atoms with E-state index in [2.05, 4.69) is 12.6 Å². The van der Waals surface area contributed by atoms with Crippen LogP contribution in [0.15, 0.2) is 42.8 Å². The van der Waals surface area contributed by atoms with Crippen molar-refractivity contribution in [2.75, 3.05) is 0 Å². The molecule has 1 unspecified atom stereocenters. The van der Waals surface area contributed by atoms with Gasteiger partial charge in [-0.2, -0.15) is 4.39 Å². The Kier molecular flexibility index (Phi) is 5.94. The smallest absolute Gasteiger partial charge is 0.367 e. The largest absolute Gasteiger partial charge is 0.457 e. The molecule has 1 aromatic carbocycles. The number of ether oxygens (including phenoxy) is 2. The Morgan fingerprint density at radius 3 is 2.63 bits per heavy atom. The summed E-state index contributed by atoms with van der Waals surface area (Å²) in [5.74, 6) is -3.18. The van der Waals surface area contributed by atoms with Gasteiger partial charge in [0.15, 0.2) is 0 Å². The van der Waals surface area contributed by atoms with E-state index in [0.29, 0.717) is 0 Å². The SMILES string of the molecule is C=CCc1cccc2c1CCC2OC(=O)[C@@H]1[C@H](/C=C(/F)C(=O)OC(C)(C)C)C1(C)C. The van der Waals surface area contributed by atoms with Gasteiger partial charge < -0.3 is 9.47 Å². The van der Waals surface area contributed by atoms with Crippen molar-refractivity contribution in [2.45, 2.75) is 65.6 Å². The van der Waals surface area contributed by atoms with Gasteiger partial charge in [0.25, 0.3) is 0 Å². The van der Waals surface area contributed by atoms with Crippen LogP contribution < -0.4 is 0 Å². The Bertz CT molecular complexity index is 891. The van der Waals surface area contributed by atoms with Crippen molar-refractivity contribution in [1.82, 2.24) is 0 Å². The second-order valence-electron chi connectivity index (χ2n) is 9.78. The molecule has 0 bridgehead atoms. The number of rotatable bonds is 6. The Morgan fingerprint density at radius 2 is 2.00 bits per heavy atom. The molecule has 0 spiro atoms. The first kappa shape index (κ1) is 22.3. The lowest BCUT2D eigenvalue weighted by Gasteiger charge is -2.18. The Labute approximate surface area is 178 Å². The predicted octanol–water partition coefficient (Wildman–Crippen LogP) is 5.41. The molecular formula is C25H31FO4. The molecule has 0 amide bonds. The van der Waals surface area contributed by atoms with E-state index in [0.717, 1.165) is 24.8 Å². The van der Waals surface area contributed by atoms with Crippen molar-refractivity contribution < 1.29 is 23.5 Å². The highest BCUT2D eigenvalue weighted by Crippen LogP contribution is 2.60. The molecule has 4 nitrogen and oxygen atoms in total. The Balaban J connectivity index is 1.69. The molecule has 5 heteroatoms. The third-order valence-corrected chi connectivity index (χ3v) is 6.02. The fourth-order valence-corrected chi connectivity index (χ4v) is 4.37. The molecule has 2 aliphatic carbocycles. The van der Waals surface area contributed by atoms with Crippen LogP contribution in [0, 0.1) is 17.3 Å². The molecule has 0 aromatic heterocycles. The molecule has 30 heavy (non-hydrogen) atoms. The summed E-state index contributed by atoms with van der Waals surface area (Å²) < 4.78 is 25.3. The number of halogens is 1. The average molecular weight is 415 g/mol. The van der Waals surface area contributed by atoms with Crippen molar-refractivity contribution >= 4 is 11.9 Å². The first-order valence-electron chi connectivity index (χ1n) is 10.5. The van der Waals surface area contributed by atoms with Gasteiger partial charge in [0.1, 0.15) is 11.7 Å². The quantitative estimate of drug-likeness (QED) is 0.355. The number of fused-ring (bicyclic) bond motifs is 1. The molecule has 3 atom stereocenters. The summed E-state index contributed by atoms with van der Waals surface area (Å²) in [6, 6.07) is 6.06. The highest BCUT2D eigenvalue weighted by molar-refractivity contribution is 5.87. The van der Waals surface area contributed by atoms with Gasteiger partial charge >= 0.3 is 11.9 Å². The lowest BCUT2D eigenvalue weighted by Crippen LogP contribution is -2.24. The Hall–Kier alpha value is -2.43. The zero-order valence-electron chi connectivity index (χ0n) is 18.5. The number of allylic oxidation sites excluding steroid dienone is 2. The zero-order chi connectivity index (χ0) is 22.3. The molecule has 1 saturated carbocycles. The average Bonchev–Trinajstić information content (AvgIpc) is 2.96. The lowest BCUT2D eigenvalue weighted by molar-refractivity contribution is -0.153. The van der Waals surface area contributed by atoms with Crippen LogP contribution >= 0.6 is 0 Å². The summed E-state index contributed by atoms with van der Waals surface area (Å²) in [5, 5.41) is 0. The highest BCUT2D eigenvalue weighted by Gasteiger charge is 2.62. The van der Waals surface area contributed by atoms with Crippen molar-refractivity contribution in [3.05, 3.63) is 59.4 Å². The maximum Gasteiger partial charge on any atom is 0.367 e. The van der Waals surface area contributed by atoms with E-state index in [1.165, 1.54) is 17.2 Å². The molecule has 2 aliphatic rings. The first-order chi connectivity index (χ1) is 14.0. The van der Waals surface area contributed by atoms with Crippen molar-refractivity contribution in [3.8, 4) is 0 Å². The van der Waals surface area contributed by atoms with E-state index in [1.807, 2.05) is 32.1 Å². The normalized spacial score (nSPS) is 24.7. The second kappa shape index (κ2) is 8.01. The summed E-state index contributed by atoms with van der Waals surface area (Å²) in [5.41, 5.74) is 2.25. The third kappa shape index (κ3) is 4.50. The monoisotopic (exact) mass is 414 g/mol. The van der Waals surface area contributed by atoms with Crippen molar-refractivity contribution in [2.24, 2.45) is 17.3 Å². The number of hydrogen-bond acceptors (Lipinski definition) is 4. The second-order valence-corrected chi connectivity index (χ2v) is 9.78. The molecule has 0 heterocycles. The van der Waals surface area contributed by atoms with Crippen LogP contribution in [0.3, 0.4) is 0 Å². The van der Waals surface area contributed by atoms with E-state index in [4.69, 9.17) is 9.47 Å². The molecule has 162 valence electrons. The van der Waals surface area contributed by atoms with Gasteiger partial charge in [-0.3, -0.25) is 4.79 Å². The minimum absolute atomic E-state index is 0.283. The standard InChI is InChI=1S/C25H31FO4/c1-7-9-15-10-8-11-17-16(15)12-13-20(17)29-23(28)21-18(25(21,5)6)14-19(26)22(27)30-24(2,3)4/h7-8,10-11,14,18,20-21H,1,9,12-13H2,2-6H3/b19-14+/t18-,20?,21-/m0/s1. The number of benzene rings is 1. The molecular weight excluding hydrogens is 383 g/mol. The minimum atomic E-state index is -1.00. The summed E-state index contributed by atoms with van der Waals surface area (Å²) in [4.78, 5) is 24.8. The van der Waals surface area contributed by atoms with Gasteiger partial charge in [0, 0.05) is 0 Å². The Morgan fingerprint density at radius 1 is 1.30 bits per heavy atom. The maximum absolute atomic E-state index is 14.3. The summed E-state index contributed by atoms with van der Waals surface area (Å²) >= 11 is 0. The van der Waals surface area contributed by atoms with E-state index in [1.54, 1.807) is 20.8 Å². The summed E-state index contributed by atoms with van der Waals surface area (Å²) in [7, 11) is 0. The van der Waals surface area contributed by atoms with Crippen LogP contribution in [-0.2, 0) is 31.9 Å². The van der Waals surface area contributed by atoms with E-state index >= 15 is 0 Å². The fraction of sp³-hybridized carbons (Fsp3) is 0.520. The molecule has 1 fully saturated rings. The summed E-state index contributed by atoms with van der Waals surface area (Å²) in [6.07, 6.45) is 5.20. The molecule has 3 rings (SSSR count). The lowest BCUT2D eigenvalue weighted by atomic mass is 10.0. The molecule has 0 aliphatic heterocycles. The molecule has 0 radical (unpaired) electrons. The molecule has 0 saturated heterocycles. The maximum atomic E-state index is 14.3. The predicted molar refractivity (Wildman–Crippen MR) is 113 cm³/mol. The minimum Gasteiger partial charge on any atom is -0.457 e. The van der Waals surface area contributed by atoms with Gasteiger partial charge in [-0.15, -0.1) is 6.58 Å². The zero-order valence-corrected chi connectivity index (χ0v) is 18.5. The number of carbonyl (C=O) groups excluding carboxylic acids is 2. The van der Waals surface area contributed by atoms with Crippen LogP contribution in [0.1, 0.15) is 63.8 Å². The van der Waals surface area contributed by atoms with E-state index in [-0.39, 0.29) is 12.1 Å². The van der Waals surface area contributed by atoms with Crippen LogP contribution in [0.2, 0.25) is 0 Å². The van der Waals surface area contributed by atoms with Crippen LogP contribution in [-0.4, -0.2) is 17.5 Å². The van der Waals surface area contributed by atoms with Crippen molar-refractivity contribution in [3.63, 3.8) is 0 Å². The molecule has 0 N–H and O–H groups in total. The van der Waals surface area contributed by atoms with E-state index < -0.39 is 34.6 Å².